The first-order valence-electron chi connectivity index (χ1n) is 12.2. The number of amides is 1. The molecule has 0 bridgehead atoms. The van der Waals surface area contributed by atoms with E-state index in [2.05, 4.69) is 10.6 Å². The second kappa shape index (κ2) is 10.3. The van der Waals surface area contributed by atoms with Gasteiger partial charge in [-0.25, -0.2) is 4.68 Å². The van der Waals surface area contributed by atoms with Crippen LogP contribution in [0.15, 0.2) is 84.1 Å². The van der Waals surface area contributed by atoms with E-state index in [-0.39, 0.29) is 5.91 Å². The molecule has 1 aliphatic rings. The van der Waals surface area contributed by atoms with Gasteiger partial charge in [-0.05, 0) is 55.5 Å². The van der Waals surface area contributed by atoms with E-state index < -0.39 is 6.04 Å². The molecule has 1 aromatic heterocycles. The summed E-state index contributed by atoms with van der Waals surface area (Å²) >= 11 is 0. The maximum atomic E-state index is 13.7. The lowest BCUT2D eigenvalue weighted by Gasteiger charge is -2.29. The minimum Gasteiger partial charge on any atom is -0.497 e. The second-order valence-corrected chi connectivity index (χ2v) is 9.14. The summed E-state index contributed by atoms with van der Waals surface area (Å²) in [7, 11) is 7.19. The topological polar surface area (TPSA) is 93.5 Å². The molecule has 9 heteroatoms. The lowest BCUT2D eigenvalue weighted by Crippen LogP contribution is -2.31. The molecule has 194 valence electrons. The van der Waals surface area contributed by atoms with Crippen molar-refractivity contribution >= 4 is 23.2 Å². The van der Waals surface area contributed by atoms with Gasteiger partial charge in [0.1, 0.15) is 17.5 Å². The second-order valence-electron chi connectivity index (χ2n) is 9.14. The van der Waals surface area contributed by atoms with E-state index in [1.165, 1.54) is 0 Å². The Morgan fingerprint density at radius 2 is 1.74 bits per heavy atom. The fourth-order valence-corrected chi connectivity index (χ4v) is 4.53. The standard InChI is InChI=1S/C29H30N6O3/c1-18-25(28(36)31-20-9-7-6-8-10-20)26(23-16-15-22(37-4)17-24(23)38-5)35-29(30-18)32-27(33-35)19-11-13-21(14-12-19)34(2)3/h6-17,26H,1-5H3,(H,31,36)(H,30,32,33). The molecule has 1 aliphatic heterocycles. The molecular formula is C29H30N6O3. The highest BCUT2D eigenvalue weighted by Crippen LogP contribution is 2.41. The van der Waals surface area contributed by atoms with Crippen molar-refractivity contribution in [3.05, 3.63) is 89.6 Å². The van der Waals surface area contributed by atoms with Crippen molar-refractivity contribution < 1.29 is 14.3 Å². The van der Waals surface area contributed by atoms with Crippen LogP contribution in [0.3, 0.4) is 0 Å². The number of methoxy groups -OCH3 is 2. The number of nitrogens with one attached hydrogen (secondary N) is 2. The molecule has 9 nitrogen and oxygen atoms in total. The molecule has 0 saturated carbocycles. The van der Waals surface area contributed by atoms with E-state index in [0.717, 1.165) is 16.8 Å². The Kier molecular flexibility index (Phi) is 6.74. The largest absolute Gasteiger partial charge is 0.497 e. The van der Waals surface area contributed by atoms with Crippen LogP contribution in [0, 0.1) is 0 Å². The van der Waals surface area contributed by atoms with E-state index in [0.29, 0.717) is 40.2 Å². The number of nitrogens with zero attached hydrogens (tertiary/aromatic N) is 4. The van der Waals surface area contributed by atoms with Gasteiger partial charge in [-0.3, -0.25) is 4.79 Å². The third-order valence-electron chi connectivity index (χ3n) is 6.51. The van der Waals surface area contributed by atoms with Gasteiger partial charge < -0.3 is 25.0 Å². The zero-order chi connectivity index (χ0) is 26.8. The maximum absolute atomic E-state index is 13.7. The van der Waals surface area contributed by atoms with Crippen molar-refractivity contribution in [2.24, 2.45) is 0 Å². The van der Waals surface area contributed by atoms with Crippen molar-refractivity contribution in [3.8, 4) is 22.9 Å². The smallest absolute Gasteiger partial charge is 0.255 e. The molecule has 2 heterocycles. The minimum atomic E-state index is -0.599. The molecule has 4 aromatic rings. The van der Waals surface area contributed by atoms with Crippen LogP contribution in [0.1, 0.15) is 18.5 Å². The SMILES string of the molecule is COc1ccc(C2C(C(=O)Nc3ccccc3)=C(C)Nc3nc(-c4ccc(N(C)C)cc4)nn32)c(OC)c1. The van der Waals surface area contributed by atoms with E-state index in [4.69, 9.17) is 19.6 Å². The predicted molar refractivity (Wildman–Crippen MR) is 149 cm³/mol. The number of carbonyl (C=O) groups is 1. The van der Waals surface area contributed by atoms with Crippen LogP contribution in [-0.4, -0.2) is 49.0 Å². The fraction of sp³-hybridized carbons (Fsp3) is 0.207. The zero-order valence-electron chi connectivity index (χ0n) is 22.0. The summed E-state index contributed by atoms with van der Waals surface area (Å²) in [5.41, 5.74) is 4.58. The number of para-hydroxylation sites is 1. The average Bonchev–Trinajstić information content (AvgIpc) is 3.36. The predicted octanol–water partition coefficient (Wildman–Crippen LogP) is 4.96. The lowest BCUT2D eigenvalue weighted by molar-refractivity contribution is -0.113. The van der Waals surface area contributed by atoms with Crippen molar-refractivity contribution in [2.45, 2.75) is 13.0 Å². The minimum absolute atomic E-state index is 0.248. The Balaban J connectivity index is 1.62. The molecule has 0 aliphatic carbocycles. The molecule has 38 heavy (non-hydrogen) atoms. The van der Waals surface area contributed by atoms with E-state index in [9.17, 15) is 4.79 Å². The number of fused-ring (bicyclic) bond motifs is 1. The Labute approximate surface area is 221 Å². The van der Waals surface area contributed by atoms with Gasteiger partial charge in [0.25, 0.3) is 5.91 Å². The van der Waals surface area contributed by atoms with Crippen molar-refractivity contribution in [1.29, 1.82) is 0 Å². The molecule has 1 atom stereocenters. The number of anilines is 3. The van der Waals surface area contributed by atoms with Crippen LogP contribution in [0.5, 0.6) is 11.5 Å². The van der Waals surface area contributed by atoms with Gasteiger partial charge in [0.05, 0.1) is 19.8 Å². The highest BCUT2D eigenvalue weighted by atomic mass is 16.5. The Morgan fingerprint density at radius 1 is 1.00 bits per heavy atom. The Morgan fingerprint density at radius 3 is 2.39 bits per heavy atom. The van der Waals surface area contributed by atoms with Crippen molar-refractivity contribution in [2.75, 3.05) is 43.8 Å². The summed E-state index contributed by atoms with van der Waals surface area (Å²) < 4.78 is 12.9. The van der Waals surface area contributed by atoms with Gasteiger partial charge in [-0.15, -0.1) is 5.10 Å². The average molecular weight is 511 g/mol. The number of aromatic nitrogens is 3. The fourth-order valence-electron chi connectivity index (χ4n) is 4.53. The molecule has 5 rings (SSSR count). The van der Waals surface area contributed by atoms with Crippen LogP contribution < -0.4 is 25.0 Å². The summed E-state index contributed by atoms with van der Waals surface area (Å²) in [6, 6.07) is 22.3. The Hall–Kier alpha value is -4.79. The molecule has 0 spiro atoms. The van der Waals surface area contributed by atoms with Crippen LogP contribution in [0.4, 0.5) is 17.3 Å². The number of hydrogen-bond donors (Lipinski definition) is 2. The zero-order valence-corrected chi connectivity index (χ0v) is 22.0. The summed E-state index contributed by atoms with van der Waals surface area (Å²) in [6.45, 7) is 1.87. The molecule has 0 radical (unpaired) electrons. The third-order valence-corrected chi connectivity index (χ3v) is 6.51. The summed E-state index contributed by atoms with van der Waals surface area (Å²) in [5.74, 6) is 2.06. The Bertz CT molecular complexity index is 1490. The molecule has 1 unspecified atom stereocenters. The van der Waals surface area contributed by atoms with E-state index in [1.54, 1.807) is 25.0 Å². The normalized spacial score (nSPS) is 14.4. The van der Waals surface area contributed by atoms with Gasteiger partial charge in [0, 0.05) is 48.4 Å². The maximum Gasteiger partial charge on any atom is 0.255 e. The summed E-state index contributed by atoms with van der Waals surface area (Å²) in [5, 5.41) is 11.2. The quantitative estimate of drug-likeness (QED) is 0.363. The van der Waals surface area contributed by atoms with Gasteiger partial charge in [0.15, 0.2) is 5.82 Å². The highest BCUT2D eigenvalue weighted by molar-refractivity contribution is 6.06. The van der Waals surface area contributed by atoms with Gasteiger partial charge in [0.2, 0.25) is 5.95 Å². The molecule has 0 saturated heterocycles. The van der Waals surface area contributed by atoms with Crippen LogP contribution in [0.2, 0.25) is 0 Å². The van der Waals surface area contributed by atoms with Gasteiger partial charge >= 0.3 is 0 Å². The molecule has 1 amide bonds. The van der Waals surface area contributed by atoms with Crippen LogP contribution in [0.25, 0.3) is 11.4 Å². The number of carbonyl (C=O) groups excluding carboxylic acids is 1. The van der Waals surface area contributed by atoms with Crippen LogP contribution >= 0.6 is 0 Å². The molecule has 0 fully saturated rings. The van der Waals surface area contributed by atoms with E-state index >= 15 is 0 Å². The summed E-state index contributed by atoms with van der Waals surface area (Å²) in [6.07, 6.45) is 0. The first kappa shape index (κ1) is 24.9. The van der Waals surface area contributed by atoms with Gasteiger partial charge in [-0.1, -0.05) is 18.2 Å². The van der Waals surface area contributed by atoms with Crippen molar-refractivity contribution in [1.82, 2.24) is 14.8 Å². The monoisotopic (exact) mass is 510 g/mol. The number of allylic oxidation sites excluding steroid dienone is 1. The number of rotatable bonds is 7. The molecule has 3 aromatic carbocycles. The first-order chi connectivity index (χ1) is 18.4. The van der Waals surface area contributed by atoms with Gasteiger partial charge in [-0.2, -0.15) is 4.98 Å². The number of ether oxygens (including phenoxy) is 2. The van der Waals surface area contributed by atoms with E-state index in [1.807, 2.05) is 92.6 Å². The number of hydrogen-bond acceptors (Lipinski definition) is 7. The third kappa shape index (κ3) is 4.66. The molecule has 2 N–H and O–H groups in total. The summed E-state index contributed by atoms with van der Waals surface area (Å²) in [4.78, 5) is 20.6. The first-order valence-corrected chi connectivity index (χ1v) is 12.2. The lowest BCUT2D eigenvalue weighted by atomic mass is 9.94. The van der Waals surface area contributed by atoms with Crippen LogP contribution in [-0.2, 0) is 4.79 Å². The number of benzene rings is 3. The van der Waals surface area contributed by atoms with Crippen molar-refractivity contribution in [3.63, 3.8) is 0 Å². The molecular weight excluding hydrogens is 480 g/mol. The highest BCUT2D eigenvalue weighted by Gasteiger charge is 2.36.